The Morgan fingerprint density at radius 3 is 2.62 bits per heavy atom. The van der Waals surface area contributed by atoms with E-state index in [2.05, 4.69) is 19.9 Å². The first-order valence-electron chi connectivity index (χ1n) is 8.50. The zero-order valence-corrected chi connectivity index (χ0v) is 14.5. The molecule has 0 atom stereocenters. The van der Waals surface area contributed by atoms with E-state index in [0.717, 1.165) is 24.5 Å². The summed E-state index contributed by atoms with van der Waals surface area (Å²) in [6, 6.07) is 9.70. The third kappa shape index (κ3) is 3.03. The maximum absolute atomic E-state index is 12.8. The lowest BCUT2D eigenvalue weighted by Gasteiger charge is -2.36. The van der Waals surface area contributed by atoms with Gasteiger partial charge in [0.25, 0.3) is 5.91 Å². The highest BCUT2D eigenvalue weighted by atomic mass is 16.5. The van der Waals surface area contributed by atoms with Crippen molar-refractivity contribution in [2.24, 2.45) is 0 Å². The van der Waals surface area contributed by atoms with Gasteiger partial charge in [0.2, 0.25) is 0 Å². The van der Waals surface area contributed by atoms with Crippen molar-refractivity contribution in [2.45, 2.75) is 0 Å². The first kappa shape index (κ1) is 16.3. The van der Waals surface area contributed by atoms with E-state index in [1.165, 1.54) is 0 Å². The minimum atomic E-state index is -0.0234. The van der Waals surface area contributed by atoms with E-state index in [9.17, 15) is 4.79 Å². The smallest absolute Gasteiger partial charge is 0.255 e. The first-order valence-corrected chi connectivity index (χ1v) is 8.50. The van der Waals surface area contributed by atoms with Gasteiger partial charge in [-0.2, -0.15) is 0 Å². The lowest BCUT2D eigenvalue weighted by molar-refractivity contribution is 0.0746. The number of methoxy groups -OCH3 is 1. The van der Waals surface area contributed by atoms with Gasteiger partial charge < -0.3 is 14.5 Å². The number of fused-ring (bicyclic) bond motifs is 1. The summed E-state index contributed by atoms with van der Waals surface area (Å²) in [6.07, 6.45) is 4.77. The van der Waals surface area contributed by atoms with Crippen molar-refractivity contribution in [2.75, 3.05) is 38.2 Å². The molecule has 3 heterocycles. The van der Waals surface area contributed by atoms with Crippen molar-refractivity contribution >= 4 is 22.8 Å². The van der Waals surface area contributed by atoms with Crippen molar-refractivity contribution in [3.63, 3.8) is 0 Å². The predicted molar refractivity (Wildman–Crippen MR) is 98.4 cm³/mol. The van der Waals surface area contributed by atoms with Crippen LogP contribution >= 0.6 is 0 Å². The van der Waals surface area contributed by atoms with Gasteiger partial charge in [0.15, 0.2) is 5.65 Å². The largest absolute Gasteiger partial charge is 0.495 e. The molecule has 26 heavy (non-hydrogen) atoms. The lowest BCUT2D eigenvalue weighted by Crippen LogP contribution is -2.48. The van der Waals surface area contributed by atoms with E-state index in [1.807, 2.05) is 29.2 Å². The quantitative estimate of drug-likeness (QED) is 0.720. The Kier molecular flexibility index (Phi) is 4.35. The fourth-order valence-electron chi connectivity index (χ4n) is 3.20. The number of benzene rings is 1. The van der Waals surface area contributed by atoms with Crippen LogP contribution in [0.25, 0.3) is 11.2 Å². The summed E-state index contributed by atoms with van der Waals surface area (Å²) >= 11 is 0. The summed E-state index contributed by atoms with van der Waals surface area (Å²) in [7, 11) is 1.67. The lowest BCUT2D eigenvalue weighted by atomic mass is 10.2. The summed E-state index contributed by atoms with van der Waals surface area (Å²) in [5, 5.41) is 0. The van der Waals surface area contributed by atoms with Gasteiger partial charge in [0, 0.05) is 44.8 Å². The molecule has 1 fully saturated rings. The minimum absolute atomic E-state index is 0.0234. The molecule has 3 aromatic rings. The van der Waals surface area contributed by atoms with Crippen LogP contribution in [-0.2, 0) is 0 Å². The third-order valence-electron chi connectivity index (χ3n) is 4.56. The Bertz CT molecular complexity index is 938. The molecule has 0 unspecified atom stereocenters. The molecule has 7 heteroatoms. The number of ether oxygens (including phenoxy) is 1. The Hall–Kier alpha value is -3.22. The molecule has 0 spiro atoms. The molecule has 132 valence electrons. The summed E-state index contributed by atoms with van der Waals surface area (Å²) in [6.45, 7) is 2.81. The van der Waals surface area contributed by atoms with Gasteiger partial charge in [-0.1, -0.05) is 12.1 Å². The second kappa shape index (κ2) is 6.95. The Morgan fingerprint density at radius 2 is 1.81 bits per heavy atom. The van der Waals surface area contributed by atoms with E-state index in [-0.39, 0.29) is 5.91 Å². The van der Waals surface area contributed by atoms with Crippen molar-refractivity contribution in [3.8, 4) is 5.75 Å². The second-order valence-electron chi connectivity index (χ2n) is 6.07. The number of para-hydroxylation sites is 2. The second-order valence-corrected chi connectivity index (χ2v) is 6.07. The number of piperazine rings is 1. The van der Waals surface area contributed by atoms with Crippen LogP contribution in [0, 0.1) is 0 Å². The van der Waals surface area contributed by atoms with Crippen LogP contribution in [0.15, 0.2) is 48.9 Å². The number of anilines is 1. The molecule has 0 radical (unpaired) electrons. The van der Waals surface area contributed by atoms with Crippen molar-refractivity contribution in [1.82, 2.24) is 19.9 Å². The van der Waals surface area contributed by atoms with Crippen molar-refractivity contribution in [3.05, 3.63) is 54.5 Å². The molecule has 0 aliphatic carbocycles. The Labute approximate surface area is 151 Å². The fraction of sp³-hybridized carbons (Fsp3) is 0.263. The van der Waals surface area contributed by atoms with Gasteiger partial charge in [0.05, 0.1) is 18.4 Å². The highest BCUT2D eigenvalue weighted by molar-refractivity contribution is 5.96. The molecular weight excluding hydrogens is 330 g/mol. The van der Waals surface area contributed by atoms with Gasteiger partial charge in [-0.15, -0.1) is 0 Å². The average Bonchev–Trinajstić information content (AvgIpc) is 2.73. The molecule has 1 amide bonds. The minimum Gasteiger partial charge on any atom is -0.495 e. The molecule has 7 nitrogen and oxygen atoms in total. The summed E-state index contributed by atoms with van der Waals surface area (Å²) in [5.74, 6) is 0.828. The van der Waals surface area contributed by atoms with E-state index in [0.29, 0.717) is 29.8 Å². The van der Waals surface area contributed by atoms with Gasteiger partial charge in [-0.3, -0.25) is 9.78 Å². The van der Waals surface area contributed by atoms with Gasteiger partial charge >= 0.3 is 0 Å². The van der Waals surface area contributed by atoms with Crippen LogP contribution in [-0.4, -0.2) is 59.0 Å². The van der Waals surface area contributed by atoms with Crippen LogP contribution in [0.5, 0.6) is 5.75 Å². The number of amides is 1. The number of carbonyl (C=O) groups excluding carboxylic acids is 1. The third-order valence-corrected chi connectivity index (χ3v) is 4.56. The Balaban J connectivity index is 1.47. The highest BCUT2D eigenvalue weighted by Gasteiger charge is 2.24. The van der Waals surface area contributed by atoms with Crippen LogP contribution in [0.3, 0.4) is 0 Å². The average molecular weight is 349 g/mol. The molecule has 1 saturated heterocycles. The van der Waals surface area contributed by atoms with Crippen molar-refractivity contribution < 1.29 is 9.53 Å². The van der Waals surface area contributed by atoms with E-state index >= 15 is 0 Å². The van der Waals surface area contributed by atoms with E-state index in [1.54, 1.807) is 31.8 Å². The molecule has 1 aliphatic rings. The molecule has 2 aromatic heterocycles. The monoisotopic (exact) mass is 349 g/mol. The summed E-state index contributed by atoms with van der Waals surface area (Å²) in [5.41, 5.74) is 2.78. The van der Waals surface area contributed by atoms with Crippen molar-refractivity contribution in [1.29, 1.82) is 0 Å². The molecule has 4 rings (SSSR count). The number of aromatic nitrogens is 3. The van der Waals surface area contributed by atoms with Crippen LogP contribution in [0.1, 0.15) is 10.4 Å². The first-order chi connectivity index (χ1) is 12.8. The standard InChI is InChI=1S/C19H19N5O2/c1-26-17-5-3-2-4-16(17)23-8-10-24(11-9-23)19(25)14-12-15-18(22-13-14)21-7-6-20-15/h2-7,12-13H,8-11H2,1H3. The number of hydrogen-bond acceptors (Lipinski definition) is 6. The van der Waals surface area contributed by atoms with E-state index < -0.39 is 0 Å². The topological polar surface area (TPSA) is 71.5 Å². The SMILES string of the molecule is COc1ccccc1N1CCN(C(=O)c2cnc3nccnc3c2)CC1. The van der Waals surface area contributed by atoms with Gasteiger partial charge in [0.1, 0.15) is 11.3 Å². The van der Waals surface area contributed by atoms with E-state index in [4.69, 9.17) is 4.74 Å². The van der Waals surface area contributed by atoms with Crippen LogP contribution < -0.4 is 9.64 Å². The molecule has 0 saturated carbocycles. The zero-order valence-electron chi connectivity index (χ0n) is 14.5. The summed E-state index contributed by atoms with van der Waals surface area (Å²) < 4.78 is 5.44. The maximum atomic E-state index is 12.8. The number of rotatable bonds is 3. The number of pyridine rings is 1. The molecule has 1 aliphatic heterocycles. The normalized spacial score (nSPS) is 14.5. The van der Waals surface area contributed by atoms with Crippen LogP contribution in [0.4, 0.5) is 5.69 Å². The molecule has 1 aromatic carbocycles. The number of nitrogens with zero attached hydrogens (tertiary/aromatic N) is 5. The fourth-order valence-corrected chi connectivity index (χ4v) is 3.20. The zero-order chi connectivity index (χ0) is 17.9. The number of hydrogen-bond donors (Lipinski definition) is 0. The Morgan fingerprint density at radius 1 is 1.04 bits per heavy atom. The number of carbonyl (C=O) groups is 1. The molecule has 0 bridgehead atoms. The summed E-state index contributed by atoms with van der Waals surface area (Å²) in [4.78, 5) is 29.5. The molecule has 0 N–H and O–H groups in total. The predicted octanol–water partition coefficient (Wildman–Crippen LogP) is 2.00. The van der Waals surface area contributed by atoms with Crippen LogP contribution in [0.2, 0.25) is 0 Å². The van der Waals surface area contributed by atoms with Gasteiger partial charge in [-0.25, -0.2) is 9.97 Å². The molecular formula is C19H19N5O2. The highest BCUT2D eigenvalue weighted by Crippen LogP contribution is 2.28. The maximum Gasteiger partial charge on any atom is 0.255 e. The van der Waals surface area contributed by atoms with Gasteiger partial charge in [-0.05, 0) is 18.2 Å².